The largest absolute Gasteiger partial charge is 0.298 e. The maximum absolute atomic E-state index is 11.3. The Morgan fingerprint density at radius 3 is 2.57 bits per heavy atom. The molecule has 1 rings (SSSR count). The van der Waals surface area contributed by atoms with Crippen LogP contribution in [0.15, 0.2) is 22.7 Å². The van der Waals surface area contributed by atoms with Gasteiger partial charge < -0.3 is 0 Å². The number of carbonyl (C=O) groups excluding carboxylic acids is 1. The van der Waals surface area contributed by atoms with Crippen molar-refractivity contribution >= 4 is 53.6 Å². The normalized spacial score (nSPS) is 10.2. The van der Waals surface area contributed by atoms with Crippen LogP contribution in [0.3, 0.4) is 0 Å². The predicted molar refractivity (Wildman–Crippen MR) is 69.3 cm³/mol. The molecular weight excluding hydrogens is 376 g/mol. The molecule has 0 saturated heterocycles. The molecule has 0 radical (unpaired) electrons. The van der Waals surface area contributed by atoms with Gasteiger partial charge in [0.15, 0.2) is 0 Å². The predicted octanol–water partition coefficient (Wildman–Crippen LogP) is 3.85. The Morgan fingerprint density at radius 2 is 2.00 bits per heavy atom. The van der Waals surface area contributed by atoms with Gasteiger partial charge >= 0.3 is 0 Å². The average Bonchev–Trinajstić information content (AvgIpc) is 2.18. The van der Waals surface area contributed by atoms with E-state index in [1.54, 1.807) is 0 Å². The molecule has 0 N–H and O–H groups in total. The summed E-state index contributed by atoms with van der Waals surface area (Å²) in [6, 6.07) is 5.92. The van der Waals surface area contributed by atoms with Crippen LogP contribution in [0.4, 0.5) is 0 Å². The first-order valence-corrected chi connectivity index (χ1v) is 7.12. The first kappa shape index (κ1) is 12.4. The fourth-order valence-corrected chi connectivity index (χ4v) is 2.96. The number of carbonyl (C=O) groups is 1. The highest BCUT2D eigenvalue weighted by atomic mass is 79.9. The van der Waals surface area contributed by atoms with Crippen LogP contribution in [-0.4, -0.2) is 11.1 Å². The van der Waals surface area contributed by atoms with Crippen molar-refractivity contribution in [2.24, 2.45) is 0 Å². The van der Waals surface area contributed by atoms with E-state index >= 15 is 0 Å². The molecule has 0 aliphatic rings. The van der Waals surface area contributed by atoms with Crippen LogP contribution in [-0.2, 0) is 16.5 Å². The van der Waals surface area contributed by atoms with Gasteiger partial charge in [0.05, 0.1) is 5.33 Å². The summed E-state index contributed by atoms with van der Waals surface area (Å²) >= 11 is 10.0. The van der Waals surface area contributed by atoms with Crippen LogP contribution in [0.2, 0.25) is 0 Å². The van der Waals surface area contributed by atoms with Crippen molar-refractivity contribution in [1.29, 1.82) is 0 Å². The molecule has 0 atom stereocenters. The smallest absolute Gasteiger partial charge is 0.147 e. The number of hydrogen-bond acceptors (Lipinski definition) is 1. The van der Waals surface area contributed by atoms with E-state index in [2.05, 4.69) is 47.8 Å². The third kappa shape index (κ3) is 3.17. The number of alkyl halides is 2. The molecule has 1 nitrogen and oxygen atoms in total. The van der Waals surface area contributed by atoms with Gasteiger partial charge in [-0.15, -0.1) is 0 Å². The summed E-state index contributed by atoms with van der Waals surface area (Å²) in [5, 5.41) is 1.18. The summed E-state index contributed by atoms with van der Waals surface area (Å²) in [6.45, 7) is 0. The highest BCUT2D eigenvalue weighted by Gasteiger charge is 2.08. The second-order valence-corrected chi connectivity index (χ2v) is 4.84. The van der Waals surface area contributed by atoms with Gasteiger partial charge in [-0.3, -0.25) is 4.79 Å². The molecule has 0 aliphatic carbocycles. The van der Waals surface area contributed by atoms with E-state index in [0.29, 0.717) is 11.8 Å². The van der Waals surface area contributed by atoms with Crippen molar-refractivity contribution in [3.05, 3.63) is 33.8 Å². The van der Waals surface area contributed by atoms with Gasteiger partial charge in [0, 0.05) is 16.2 Å². The quantitative estimate of drug-likeness (QED) is 0.721. The van der Waals surface area contributed by atoms with E-state index in [1.807, 2.05) is 18.2 Å². The zero-order chi connectivity index (χ0) is 10.6. The Bertz CT molecular complexity index is 336. The molecule has 1 aromatic carbocycles. The second kappa shape index (κ2) is 6.03. The van der Waals surface area contributed by atoms with E-state index in [1.165, 1.54) is 0 Å². The topological polar surface area (TPSA) is 17.1 Å². The average molecular weight is 385 g/mol. The number of Topliss-reactive ketones (excluding diaryl/α,β-unsaturated/α-hetero) is 1. The lowest BCUT2D eigenvalue weighted by atomic mass is 10.0. The van der Waals surface area contributed by atoms with Crippen molar-refractivity contribution < 1.29 is 4.79 Å². The van der Waals surface area contributed by atoms with Crippen molar-refractivity contribution in [3.8, 4) is 0 Å². The van der Waals surface area contributed by atoms with E-state index in [0.717, 1.165) is 20.9 Å². The van der Waals surface area contributed by atoms with Crippen LogP contribution < -0.4 is 0 Å². The Morgan fingerprint density at radius 1 is 1.29 bits per heavy atom. The minimum Gasteiger partial charge on any atom is -0.298 e. The second-order valence-electron chi connectivity index (χ2n) is 2.86. The number of hydrogen-bond donors (Lipinski definition) is 0. The third-order valence-electron chi connectivity index (χ3n) is 1.89. The first-order valence-electron chi connectivity index (χ1n) is 4.09. The first-order chi connectivity index (χ1) is 6.69. The number of benzene rings is 1. The molecule has 0 saturated carbocycles. The Balaban J connectivity index is 2.96. The van der Waals surface area contributed by atoms with Crippen LogP contribution in [0.1, 0.15) is 11.1 Å². The van der Waals surface area contributed by atoms with Crippen molar-refractivity contribution in [2.45, 2.75) is 11.8 Å². The summed E-state index contributed by atoms with van der Waals surface area (Å²) in [5.74, 6) is 0.199. The van der Waals surface area contributed by atoms with E-state index in [-0.39, 0.29) is 5.78 Å². The lowest BCUT2D eigenvalue weighted by molar-refractivity contribution is -0.115. The summed E-state index contributed by atoms with van der Waals surface area (Å²) in [7, 11) is 0. The van der Waals surface area contributed by atoms with Gasteiger partial charge in [-0.2, -0.15) is 0 Å². The minimum atomic E-state index is 0.199. The van der Waals surface area contributed by atoms with Crippen LogP contribution in [0.25, 0.3) is 0 Å². The fourth-order valence-electron chi connectivity index (χ4n) is 1.18. The monoisotopic (exact) mass is 382 g/mol. The SMILES string of the molecule is O=C(CBr)Cc1cccc(Br)c1CBr. The molecule has 0 heterocycles. The molecule has 0 fully saturated rings. The minimum absolute atomic E-state index is 0.199. The lowest BCUT2D eigenvalue weighted by Crippen LogP contribution is -2.05. The van der Waals surface area contributed by atoms with E-state index in [4.69, 9.17) is 0 Å². The maximum Gasteiger partial charge on any atom is 0.147 e. The number of halogens is 3. The molecular formula is C10H9Br3O. The third-order valence-corrected chi connectivity index (χ3v) is 3.82. The summed E-state index contributed by atoms with van der Waals surface area (Å²) in [5.41, 5.74) is 2.24. The standard InChI is InChI=1S/C10H9Br3O/c11-5-8(14)4-7-2-1-3-10(13)9(7)6-12/h1-3H,4-6H2. The van der Waals surface area contributed by atoms with E-state index < -0.39 is 0 Å². The molecule has 0 aromatic heterocycles. The molecule has 76 valence electrons. The van der Waals surface area contributed by atoms with Gasteiger partial charge in [-0.25, -0.2) is 0 Å². The molecule has 0 spiro atoms. The summed E-state index contributed by atoms with van der Waals surface area (Å²) < 4.78 is 1.05. The van der Waals surface area contributed by atoms with Crippen LogP contribution in [0, 0.1) is 0 Å². The zero-order valence-corrected chi connectivity index (χ0v) is 12.2. The van der Waals surface area contributed by atoms with Crippen molar-refractivity contribution in [3.63, 3.8) is 0 Å². The molecule has 0 amide bonds. The Hall–Kier alpha value is 0.330. The fraction of sp³-hybridized carbons (Fsp3) is 0.300. The molecule has 0 unspecified atom stereocenters. The van der Waals surface area contributed by atoms with Gasteiger partial charge in [0.1, 0.15) is 5.78 Å². The van der Waals surface area contributed by atoms with Gasteiger partial charge in [0.25, 0.3) is 0 Å². The maximum atomic E-state index is 11.3. The highest BCUT2D eigenvalue weighted by molar-refractivity contribution is 9.10. The zero-order valence-electron chi connectivity index (χ0n) is 7.40. The number of rotatable bonds is 4. The van der Waals surface area contributed by atoms with E-state index in [9.17, 15) is 4.79 Å². The molecule has 4 heteroatoms. The molecule has 0 bridgehead atoms. The Labute approximate surface area is 109 Å². The highest BCUT2D eigenvalue weighted by Crippen LogP contribution is 2.23. The lowest BCUT2D eigenvalue weighted by Gasteiger charge is -2.07. The van der Waals surface area contributed by atoms with Crippen LogP contribution >= 0.6 is 47.8 Å². The van der Waals surface area contributed by atoms with Gasteiger partial charge in [-0.1, -0.05) is 59.9 Å². The van der Waals surface area contributed by atoms with Gasteiger partial charge in [0.2, 0.25) is 0 Å². The van der Waals surface area contributed by atoms with Crippen molar-refractivity contribution in [1.82, 2.24) is 0 Å². The molecule has 0 aliphatic heterocycles. The molecule has 1 aromatic rings. The molecule has 14 heavy (non-hydrogen) atoms. The summed E-state index contributed by atoms with van der Waals surface area (Å²) in [6.07, 6.45) is 0.492. The number of ketones is 1. The van der Waals surface area contributed by atoms with Crippen molar-refractivity contribution in [2.75, 3.05) is 5.33 Å². The Kier molecular flexibility index (Phi) is 5.34. The van der Waals surface area contributed by atoms with Crippen LogP contribution in [0.5, 0.6) is 0 Å². The summed E-state index contributed by atoms with van der Waals surface area (Å²) in [4.78, 5) is 11.3. The van der Waals surface area contributed by atoms with Gasteiger partial charge in [-0.05, 0) is 17.2 Å².